The third-order valence-corrected chi connectivity index (χ3v) is 6.89. The Balaban J connectivity index is 1.73. The Bertz CT molecular complexity index is 709. The first-order chi connectivity index (χ1) is 10.2. The van der Waals surface area contributed by atoms with E-state index in [1.807, 2.05) is 0 Å². The molecule has 1 aromatic rings. The zero-order valence-corrected chi connectivity index (χ0v) is 12.6. The highest BCUT2D eigenvalue weighted by Crippen LogP contribution is 2.79. The Morgan fingerprint density at radius 3 is 2.09 bits per heavy atom. The van der Waals surface area contributed by atoms with E-state index >= 15 is 0 Å². The minimum atomic E-state index is -4.67. The van der Waals surface area contributed by atoms with Crippen molar-refractivity contribution in [1.29, 1.82) is 0 Å². The summed E-state index contributed by atoms with van der Waals surface area (Å²) in [6.07, 6.45) is -3.81. The third kappa shape index (κ3) is 1.69. The molecule has 0 saturated heterocycles. The summed E-state index contributed by atoms with van der Waals surface area (Å²) in [6.45, 7) is 1.77. The van der Waals surface area contributed by atoms with Crippen molar-refractivity contribution in [1.82, 2.24) is 0 Å². The van der Waals surface area contributed by atoms with E-state index in [4.69, 9.17) is 4.18 Å². The Morgan fingerprint density at radius 2 is 1.68 bits per heavy atom. The number of halogens is 3. The first kappa shape index (κ1) is 14.5. The minimum absolute atomic E-state index is 0.0140. The van der Waals surface area contributed by atoms with Crippen molar-refractivity contribution in [3.63, 3.8) is 0 Å². The molecular formula is C15H15F3O3S. The maximum atomic E-state index is 13.7. The van der Waals surface area contributed by atoms with Crippen molar-refractivity contribution in [2.45, 2.75) is 36.4 Å². The Labute approximate surface area is 126 Å². The fraction of sp³-hybridized carbons (Fsp3) is 0.600. The molecular weight excluding hydrogens is 317 g/mol. The first-order valence-electron chi connectivity index (χ1n) is 7.26. The van der Waals surface area contributed by atoms with Gasteiger partial charge in [-0.05, 0) is 49.7 Å². The minimum Gasteiger partial charge on any atom is -0.249 e. The van der Waals surface area contributed by atoms with Crippen LogP contribution in [0, 0.1) is 30.6 Å². The van der Waals surface area contributed by atoms with Crippen molar-refractivity contribution >= 4 is 10.1 Å². The van der Waals surface area contributed by atoms with Crippen LogP contribution in [0.1, 0.15) is 18.4 Å². The highest BCUT2D eigenvalue weighted by molar-refractivity contribution is 7.86. The lowest BCUT2D eigenvalue weighted by Crippen LogP contribution is -2.52. The van der Waals surface area contributed by atoms with Crippen molar-refractivity contribution in [3.8, 4) is 0 Å². The van der Waals surface area contributed by atoms with Crippen molar-refractivity contribution in [2.75, 3.05) is 0 Å². The summed E-state index contributed by atoms with van der Waals surface area (Å²) in [6, 6.07) is 5.67. The highest BCUT2D eigenvalue weighted by Gasteiger charge is 2.85. The first-order valence-corrected chi connectivity index (χ1v) is 8.67. The predicted molar refractivity (Wildman–Crippen MR) is 71.4 cm³/mol. The van der Waals surface area contributed by atoms with E-state index in [1.54, 1.807) is 19.1 Å². The van der Waals surface area contributed by atoms with Crippen molar-refractivity contribution in [3.05, 3.63) is 29.8 Å². The van der Waals surface area contributed by atoms with E-state index < -0.39 is 33.7 Å². The summed E-state index contributed by atoms with van der Waals surface area (Å²) in [5.74, 6) is -1.44. The smallest absolute Gasteiger partial charge is 0.249 e. The molecule has 120 valence electrons. The van der Waals surface area contributed by atoms with Gasteiger partial charge in [-0.1, -0.05) is 17.7 Å². The molecule has 4 aliphatic rings. The largest absolute Gasteiger partial charge is 0.419 e. The van der Waals surface area contributed by atoms with E-state index in [2.05, 4.69) is 0 Å². The Morgan fingerprint density at radius 1 is 1.14 bits per heavy atom. The van der Waals surface area contributed by atoms with Crippen LogP contribution >= 0.6 is 0 Å². The summed E-state index contributed by atoms with van der Waals surface area (Å²) in [4.78, 5) is -0.219. The monoisotopic (exact) mass is 332 g/mol. The van der Waals surface area contributed by atoms with Crippen LogP contribution in [0.4, 0.5) is 13.2 Å². The second-order valence-corrected chi connectivity index (χ2v) is 8.21. The van der Waals surface area contributed by atoms with Crippen LogP contribution in [0.25, 0.3) is 0 Å². The SMILES string of the molecule is Cc1ccc(S(=O)(=O)O[C@@]2(C(F)(F)F)C3CC4C(C3)C42)cc1. The molecule has 22 heavy (non-hydrogen) atoms. The van der Waals surface area contributed by atoms with Crippen molar-refractivity contribution < 1.29 is 25.8 Å². The molecule has 0 spiro atoms. The molecule has 0 radical (unpaired) electrons. The normalized spacial score (nSPS) is 39.3. The second kappa shape index (κ2) is 4.06. The van der Waals surface area contributed by atoms with E-state index in [9.17, 15) is 21.6 Å². The standard InChI is InChI=1S/C15H15F3O3S/c1-8-2-4-10(5-3-8)22(19,20)21-14(15(16,17)18)9-6-11-12(7-9)13(11)14/h2-5,9,11-13H,6-7H2,1H3/t9?,11?,12?,13?,14-/m0/s1. The van der Waals surface area contributed by atoms with E-state index in [0.29, 0.717) is 12.8 Å². The molecule has 7 heteroatoms. The van der Waals surface area contributed by atoms with Gasteiger partial charge in [0.2, 0.25) is 0 Å². The molecule has 4 saturated carbocycles. The van der Waals surface area contributed by atoms with Gasteiger partial charge in [-0.25, -0.2) is 4.18 Å². The van der Waals surface area contributed by atoms with Gasteiger partial charge in [-0.3, -0.25) is 0 Å². The van der Waals surface area contributed by atoms with Gasteiger partial charge in [0.1, 0.15) is 0 Å². The zero-order valence-electron chi connectivity index (χ0n) is 11.8. The van der Waals surface area contributed by atoms with Gasteiger partial charge in [0, 0.05) is 5.92 Å². The lowest BCUT2D eigenvalue weighted by atomic mass is 9.92. The molecule has 2 unspecified atom stereocenters. The van der Waals surface area contributed by atoms with Gasteiger partial charge >= 0.3 is 6.18 Å². The topological polar surface area (TPSA) is 43.4 Å². The van der Waals surface area contributed by atoms with Gasteiger partial charge in [0.25, 0.3) is 10.1 Å². The van der Waals surface area contributed by atoms with E-state index in [0.717, 1.165) is 5.56 Å². The highest BCUT2D eigenvalue weighted by atomic mass is 32.2. The van der Waals surface area contributed by atoms with E-state index in [1.165, 1.54) is 12.1 Å². The number of aryl methyl sites for hydroxylation is 1. The van der Waals surface area contributed by atoms with Gasteiger partial charge < -0.3 is 0 Å². The fourth-order valence-corrected chi connectivity index (χ4v) is 5.90. The van der Waals surface area contributed by atoms with Crippen LogP contribution in [-0.2, 0) is 14.3 Å². The predicted octanol–water partition coefficient (Wildman–Crippen LogP) is 3.29. The van der Waals surface area contributed by atoms with E-state index in [-0.39, 0.29) is 16.7 Å². The summed E-state index contributed by atoms with van der Waals surface area (Å²) < 4.78 is 70.7. The average molecular weight is 332 g/mol. The third-order valence-electron chi connectivity index (χ3n) is 5.55. The Hall–Kier alpha value is -1.08. The molecule has 0 heterocycles. The van der Waals surface area contributed by atoms with Crippen LogP contribution in [0.5, 0.6) is 0 Å². The quantitative estimate of drug-likeness (QED) is 0.798. The van der Waals surface area contributed by atoms with Crippen LogP contribution in [-0.4, -0.2) is 20.2 Å². The lowest BCUT2D eigenvalue weighted by Gasteiger charge is -2.34. The molecule has 4 aliphatic carbocycles. The van der Waals surface area contributed by atoms with Gasteiger partial charge in [-0.2, -0.15) is 21.6 Å². The molecule has 5 rings (SSSR count). The number of hydrogen-bond acceptors (Lipinski definition) is 3. The molecule has 0 aliphatic heterocycles. The summed E-state index contributed by atoms with van der Waals surface area (Å²) in [5.41, 5.74) is -1.68. The van der Waals surface area contributed by atoms with Gasteiger partial charge in [0.15, 0.2) is 5.60 Å². The van der Waals surface area contributed by atoms with Crippen LogP contribution in [0.3, 0.4) is 0 Å². The Kier molecular flexibility index (Phi) is 2.68. The fourth-order valence-electron chi connectivity index (χ4n) is 4.63. The molecule has 4 bridgehead atoms. The molecule has 1 aromatic carbocycles. The average Bonchev–Trinajstić information content (AvgIpc) is 2.75. The lowest BCUT2D eigenvalue weighted by molar-refractivity contribution is -0.261. The summed E-state index contributed by atoms with van der Waals surface area (Å²) in [7, 11) is -4.43. The molecule has 0 N–H and O–H groups in total. The maximum Gasteiger partial charge on any atom is 0.419 e. The molecule has 3 atom stereocenters. The summed E-state index contributed by atoms with van der Waals surface area (Å²) >= 11 is 0. The second-order valence-electron chi connectivity index (χ2n) is 6.66. The molecule has 3 nitrogen and oxygen atoms in total. The number of rotatable bonds is 3. The zero-order chi connectivity index (χ0) is 15.9. The number of hydrogen-bond donors (Lipinski definition) is 0. The van der Waals surface area contributed by atoms with Crippen LogP contribution in [0.15, 0.2) is 29.2 Å². The summed E-state index contributed by atoms with van der Waals surface area (Å²) in [5, 5.41) is 0. The maximum absolute atomic E-state index is 13.7. The number of alkyl halides is 3. The van der Waals surface area contributed by atoms with Crippen LogP contribution < -0.4 is 0 Å². The molecule has 0 amide bonds. The van der Waals surface area contributed by atoms with Crippen molar-refractivity contribution in [2.24, 2.45) is 23.7 Å². The molecule has 0 aromatic heterocycles. The van der Waals surface area contributed by atoms with Gasteiger partial charge in [-0.15, -0.1) is 0 Å². The number of benzene rings is 1. The molecule has 4 fully saturated rings. The van der Waals surface area contributed by atoms with Crippen LogP contribution in [0.2, 0.25) is 0 Å². The van der Waals surface area contributed by atoms with Gasteiger partial charge in [0.05, 0.1) is 4.90 Å².